The van der Waals surface area contributed by atoms with Crippen LogP contribution in [0.1, 0.15) is 29.7 Å². The van der Waals surface area contributed by atoms with E-state index >= 15 is 0 Å². The topological polar surface area (TPSA) is 23.5 Å². The molecule has 2 nitrogen and oxygen atoms in total. The molecule has 2 rings (SSSR count). The van der Waals surface area contributed by atoms with Crippen LogP contribution in [0.5, 0.6) is 0 Å². The SMILES string of the molecule is Cc1ccccc1CN(C)c1ccc(F)cc1[C@@H](C)O. The molecule has 0 amide bonds. The van der Waals surface area contributed by atoms with Gasteiger partial charge < -0.3 is 10.0 Å². The smallest absolute Gasteiger partial charge is 0.123 e. The van der Waals surface area contributed by atoms with Crippen LogP contribution in [-0.4, -0.2) is 12.2 Å². The lowest BCUT2D eigenvalue weighted by atomic mass is 10.1. The summed E-state index contributed by atoms with van der Waals surface area (Å²) >= 11 is 0. The molecular formula is C17H20FNO. The Labute approximate surface area is 119 Å². The van der Waals surface area contributed by atoms with Gasteiger partial charge in [-0.15, -0.1) is 0 Å². The molecule has 0 bridgehead atoms. The highest BCUT2D eigenvalue weighted by Gasteiger charge is 2.13. The van der Waals surface area contributed by atoms with E-state index in [1.165, 1.54) is 23.3 Å². The number of rotatable bonds is 4. The van der Waals surface area contributed by atoms with Crippen LogP contribution in [0.15, 0.2) is 42.5 Å². The molecule has 0 radical (unpaired) electrons. The van der Waals surface area contributed by atoms with Crippen molar-refractivity contribution in [1.29, 1.82) is 0 Å². The lowest BCUT2D eigenvalue weighted by Crippen LogP contribution is -2.19. The van der Waals surface area contributed by atoms with E-state index in [9.17, 15) is 9.50 Å². The van der Waals surface area contributed by atoms with Gasteiger partial charge in [-0.25, -0.2) is 4.39 Å². The first kappa shape index (κ1) is 14.5. The van der Waals surface area contributed by atoms with Crippen molar-refractivity contribution in [3.05, 3.63) is 65.0 Å². The molecule has 2 aromatic carbocycles. The van der Waals surface area contributed by atoms with E-state index in [0.29, 0.717) is 5.56 Å². The van der Waals surface area contributed by atoms with Crippen molar-refractivity contribution >= 4 is 5.69 Å². The lowest BCUT2D eigenvalue weighted by Gasteiger charge is -2.24. The van der Waals surface area contributed by atoms with Gasteiger partial charge >= 0.3 is 0 Å². The number of anilines is 1. The maximum atomic E-state index is 13.3. The molecule has 0 fully saturated rings. The summed E-state index contributed by atoms with van der Waals surface area (Å²) in [6, 6.07) is 12.7. The molecule has 106 valence electrons. The number of hydrogen-bond acceptors (Lipinski definition) is 2. The van der Waals surface area contributed by atoms with Gasteiger partial charge in [-0.1, -0.05) is 24.3 Å². The van der Waals surface area contributed by atoms with Gasteiger partial charge in [0.25, 0.3) is 0 Å². The van der Waals surface area contributed by atoms with E-state index < -0.39 is 6.10 Å². The third-order valence-corrected chi connectivity index (χ3v) is 3.52. The Morgan fingerprint density at radius 1 is 1.20 bits per heavy atom. The fourth-order valence-corrected chi connectivity index (χ4v) is 2.34. The molecule has 0 saturated carbocycles. The minimum Gasteiger partial charge on any atom is -0.389 e. The fourth-order valence-electron chi connectivity index (χ4n) is 2.34. The van der Waals surface area contributed by atoms with Crippen molar-refractivity contribution < 1.29 is 9.50 Å². The maximum Gasteiger partial charge on any atom is 0.123 e. The monoisotopic (exact) mass is 273 g/mol. The Kier molecular flexibility index (Phi) is 4.40. The molecule has 20 heavy (non-hydrogen) atoms. The van der Waals surface area contributed by atoms with Gasteiger partial charge in [-0.3, -0.25) is 0 Å². The zero-order chi connectivity index (χ0) is 14.7. The van der Waals surface area contributed by atoms with Crippen LogP contribution in [0.2, 0.25) is 0 Å². The number of aliphatic hydroxyl groups is 1. The summed E-state index contributed by atoms with van der Waals surface area (Å²) in [6.07, 6.45) is -0.694. The largest absolute Gasteiger partial charge is 0.389 e. The Morgan fingerprint density at radius 2 is 1.90 bits per heavy atom. The molecular weight excluding hydrogens is 253 g/mol. The predicted octanol–water partition coefficient (Wildman–Crippen LogP) is 3.82. The Bertz CT molecular complexity index is 595. The summed E-state index contributed by atoms with van der Waals surface area (Å²) in [5, 5.41) is 9.81. The Hall–Kier alpha value is -1.87. The number of aryl methyl sites for hydroxylation is 1. The Morgan fingerprint density at radius 3 is 2.55 bits per heavy atom. The number of nitrogens with zero attached hydrogens (tertiary/aromatic N) is 1. The molecule has 0 aliphatic heterocycles. The highest BCUT2D eigenvalue weighted by atomic mass is 19.1. The molecule has 3 heteroatoms. The molecule has 0 unspecified atom stereocenters. The van der Waals surface area contributed by atoms with Crippen LogP contribution in [-0.2, 0) is 6.54 Å². The summed E-state index contributed by atoms with van der Waals surface area (Å²) in [4.78, 5) is 2.03. The first-order valence-electron chi connectivity index (χ1n) is 6.72. The summed E-state index contributed by atoms with van der Waals surface area (Å²) < 4.78 is 13.3. The van der Waals surface area contributed by atoms with Crippen LogP contribution in [0.25, 0.3) is 0 Å². The molecule has 2 aromatic rings. The van der Waals surface area contributed by atoms with Crippen LogP contribution < -0.4 is 4.90 Å². The average Bonchev–Trinajstić information content (AvgIpc) is 2.41. The quantitative estimate of drug-likeness (QED) is 0.915. The van der Waals surface area contributed by atoms with Crippen molar-refractivity contribution in [3.63, 3.8) is 0 Å². The molecule has 0 saturated heterocycles. The predicted molar refractivity (Wildman–Crippen MR) is 80.3 cm³/mol. The second kappa shape index (κ2) is 6.06. The van der Waals surface area contributed by atoms with Crippen molar-refractivity contribution in [1.82, 2.24) is 0 Å². The van der Waals surface area contributed by atoms with Crippen molar-refractivity contribution in [2.75, 3.05) is 11.9 Å². The normalized spacial score (nSPS) is 12.2. The third kappa shape index (κ3) is 3.17. The van der Waals surface area contributed by atoms with Crippen molar-refractivity contribution in [2.24, 2.45) is 0 Å². The van der Waals surface area contributed by atoms with Crippen LogP contribution in [0.4, 0.5) is 10.1 Å². The summed E-state index contributed by atoms with van der Waals surface area (Å²) in [7, 11) is 1.95. The maximum absolute atomic E-state index is 13.3. The summed E-state index contributed by atoms with van der Waals surface area (Å²) in [6.45, 7) is 4.45. The number of benzene rings is 2. The molecule has 1 N–H and O–H groups in total. The van der Waals surface area contributed by atoms with Crippen molar-refractivity contribution in [3.8, 4) is 0 Å². The number of aliphatic hydroxyl groups excluding tert-OH is 1. The second-order valence-electron chi connectivity index (χ2n) is 5.16. The van der Waals surface area contributed by atoms with E-state index in [1.807, 2.05) is 24.1 Å². The highest BCUT2D eigenvalue weighted by Crippen LogP contribution is 2.27. The Balaban J connectivity index is 2.30. The first-order valence-corrected chi connectivity index (χ1v) is 6.72. The molecule has 1 atom stereocenters. The standard InChI is InChI=1S/C17H20FNO/c1-12-6-4-5-7-14(12)11-19(3)17-9-8-15(18)10-16(17)13(2)20/h4-10,13,20H,11H2,1-3H3/t13-/m1/s1. The van der Waals surface area contributed by atoms with E-state index in [4.69, 9.17) is 0 Å². The van der Waals surface area contributed by atoms with Gasteiger partial charge in [0.15, 0.2) is 0 Å². The molecule has 0 aromatic heterocycles. The van der Waals surface area contributed by atoms with Crippen LogP contribution >= 0.6 is 0 Å². The molecule has 0 spiro atoms. The van der Waals surface area contributed by atoms with E-state index in [-0.39, 0.29) is 5.82 Å². The average molecular weight is 273 g/mol. The molecule has 0 aliphatic rings. The summed E-state index contributed by atoms with van der Waals surface area (Å²) in [5.41, 5.74) is 3.90. The van der Waals surface area contributed by atoms with E-state index in [0.717, 1.165) is 12.2 Å². The van der Waals surface area contributed by atoms with Crippen LogP contribution in [0.3, 0.4) is 0 Å². The lowest BCUT2D eigenvalue weighted by molar-refractivity contribution is 0.199. The summed E-state index contributed by atoms with van der Waals surface area (Å²) in [5.74, 6) is -0.325. The number of hydrogen-bond donors (Lipinski definition) is 1. The van der Waals surface area contributed by atoms with Gasteiger partial charge in [-0.05, 0) is 43.2 Å². The highest BCUT2D eigenvalue weighted by molar-refractivity contribution is 5.54. The number of halogens is 1. The van der Waals surface area contributed by atoms with Gasteiger partial charge in [0.2, 0.25) is 0 Å². The zero-order valence-electron chi connectivity index (χ0n) is 12.1. The van der Waals surface area contributed by atoms with E-state index in [1.54, 1.807) is 13.0 Å². The van der Waals surface area contributed by atoms with E-state index in [2.05, 4.69) is 19.1 Å². The van der Waals surface area contributed by atoms with Gasteiger partial charge in [0.05, 0.1) is 6.10 Å². The zero-order valence-corrected chi connectivity index (χ0v) is 12.1. The van der Waals surface area contributed by atoms with Crippen LogP contribution in [0, 0.1) is 12.7 Å². The minimum absolute atomic E-state index is 0.325. The third-order valence-electron chi connectivity index (χ3n) is 3.52. The fraction of sp³-hybridized carbons (Fsp3) is 0.294. The molecule has 0 heterocycles. The second-order valence-corrected chi connectivity index (χ2v) is 5.16. The van der Waals surface area contributed by atoms with Gasteiger partial charge in [0, 0.05) is 24.8 Å². The molecule has 0 aliphatic carbocycles. The minimum atomic E-state index is -0.694. The van der Waals surface area contributed by atoms with Gasteiger partial charge in [0.1, 0.15) is 5.82 Å². The first-order chi connectivity index (χ1) is 9.49. The van der Waals surface area contributed by atoms with Gasteiger partial charge in [-0.2, -0.15) is 0 Å². The van der Waals surface area contributed by atoms with Crippen molar-refractivity contribution in [2.45, 2.75) is 26.5 Å².